The molecule has 2 aromatic heterocycles. The minimum Gasteiger partial charge on any atom is -0.468 e. The predicted molar refractivity (Wildman–Crippen MR) is 79.0 cm³/mol. The van der Waals surface area contributed by atoms with E-state index in [9.17, 15) is 8.42 Å². The first kappa shape index (κ1) is 15.7. The first-order chi connectivity index (χ1) is 10.0. The van der Waals surface area contributed by atoms with Crippen LogP contribution in [0.25, 0.3) is 0 Å². The Labute approximate surface area is 124 Å². The second-order valence-corrected chi connectivity index (χ2v) is 6.62. The fourth-order valence-corrected chi connectivity index (χ4v) is 2.85. The Hall–Kier alpha value is -1.70. The van der Waals surface area contributed by atoms with E-state index in [2.05, 4.69) is 10.3 Å². The van der Waals surface area contributed by atoms with Gasteiger partial charge in [0.15, 0.2) is 5.03 Å². The van der Waals surface area contributed by atoms with Crippen LogP contribution in [0.4, 0.5) is 0 Å². The van der Waals surface area contributed by atoms with Crippen LogP contribution in [0.3, 0.4) is 0 Å². The number of nitrogens with zero attached hydrogens (tertiary/aromatic N) is 2. The average Bonchev–Trinajstić information content (AvgIpc) is 2.98. The van der Waals surface area contributed by atoms with Gasteiger partial charge in [-0.25, -0.2) is 13.4 Å². The zero-order valence-corrected chi connectivity index (χ0v) is 12.9. The molecule has 2 aromatic rings. The quantitative estimate of drug-likeness (QED) is 0.841. The molecule has 0 bridgehead atoms. The Kier molecular flexibility index (Phi) is 5.11. The SMILES string of the molecule is CCNCc1ccc(S(=O)(=O)N(C)Cc2ccco2)nc1. The van der Waals surface area contributed by atoms with E-state index >= 15 is 0 Å². The van der Waals surface area contributed by atoms with Gasteiger partial charge in [-0.15, -0.1) is 0 Å². The van der Waals surface area contributed by atoms with Crippen LogP contribution < -0.4 is 5.32 Å². The molecule has 2 rings (SSSR count). The number of rotatable bonds is 7. The topological polar surface area (TPSA) is 75.4 Å². The summed E-state index contributed by atoms with van der Waals surface area (Å²) in [6.45, 7) is 3.71. The zero-order chi connectivity index (χ0) is 15.3. The van der Waals surface area contributed by atoms with Crippen molar-refractivity contribution in [1.29, 1.82) is 0 Å². The van der Waals surface area contributed by atoms with Crippen LogP contribution in [0.15, 0.2) is 46.2 Å². The Morgan fingerprint density at radius 2 is 2.14 bits per heavy atom. The van der Waals surface area contributed by atoms with Crippen molar-refractivity contribution in [2.24, 2.45) is 0 Å². The molecule has 0 saturated carbocycles. The lowest BCUT2D eigenvalue weighted by Gasteiger charge is -2.15. The summed E-state index contributed by atoms with van der Waals surface area (Å²) in [5.41, 5.74) is 0.949. The van der Waals surface area contributed by atoms with Crippen molar-refractivity contribution < 1.29 is 12.8 Å². The Balaban J connectivity index is 2.11. The Morgan fingerprint density at radius 1 is 1.33 bits per heavy atom. The van der Waals surface area contributed by atoms with E-state index in [4.69, 9.17) is 4.42 Å². The lowest BCUT2D eigenvalue weighted by atomic mass is 10.3. The number of furan rings is 1. The van der Waals surface area contributed by atoms with Gasteiger partial charge in [-0.1, -0.05) is 13.0 Å². The molecule has 114 valence electrons. The highest BCUT2D eigenvalue weighted by Crippen LogP contribution is 2.15. The van der Waals surface area contributed by atoms with E-state index < -0.39 is 10.0 Å². The Bertz CT molecular complexity index is 651. The molecule has 0 saturated heterocycles. The van der Waals surface area contributed by atoms with Crippen LogP contribution in [-0.4, -0.2) is 31.3 Å². The van der Waals surface area contributed by atoms with E-state index in [1.807, 2.05) is 6.92 Å². The molecule has 1 N–H and O–H groups in total. The number of hydrogen-bond acceptors (Lipinski definition) is 5. The number of hydrogen-bond donors (Lipinski definition) is 1. The highest BCUT2D eigenvalue weighted by atomic mass is 32.2. The molecular weight excluding hydrogens is 290 g/mol. The van der Waals surface area contributed by atoms with E-state index in [1.54, 1.807) is 24.4 Å². The maximum absolute atomic E-state index is 12.4. The van der Waals surface area contributed by atoms with Gasteiger partial charge in [0.1, 0.15) is 5.76 Å². The molecule has 0 atom stereocenters. The van der Waals surface area contributed by atoms with E-state index in [0.29, 0.717) is 12.3 Å². The lowest BCUT2D eigenvalue weighted by molar-refractivity contribution is 0.405. The zero-order valence-electron chi connectivity index (χ0n) is 12.1. The van der Waals surface area contributed by atoms with Crippen LogP contribution in [-0.2, 0) is 23.1 Å². The standard InChI is InChI=1S/C14H19N3O3S/c1-3-15-9-12-6-7-14(16-10-12)21(18,19)17(2)11-13-5-4-8-20-13/h4-8,10,15H,3,9,11H2,1-2H3. The first-order valence-electron chi connectivity index (χ1n) is 6.68. The van der Waals surface area contributed by atoms with Crippen molar-refractivity contribution >= 4 is 10.0 Å². The molecule has 0 aliphatic rings. The number of aromatic nitrogens is 1. The summed E-state index contributed by atoms with van der Waals surface area (Å²) >= 11 is 0. The molecular formula is C14H19N3O3S. The van der Waals surface area contributed by atoms with Crippen molar-refractivity contribution in [3.63, 3.8) is 0 Å². The first-order valence-corrected chi connectivity index (χ1v) is 8.12. The molecule has 6 nitrogen and oxygen atoms in total. The van der Waals surface area contributed by atoms with Crippen molar-refractivity contribution in [3.8, 4) is 0 Å². The van der Waals surface area contributed by atoms with Crippen LogP contribution in [0.1, 0.15) is 18.2 Å². The minimum atomic E-state index is -3.61. The molecule has 0 spiro atoms. The Morgan fingerprint density at radius 3 is 2.71 bits per heavy atom. The third kappa shape index (κ3) is 3.90. The van der Waals surface area contributed by atoms with E-state index in [1.165, 1.54) is 23.7 Å². The molecule has 0 aromatic carbocycles. The molecule has 0 fully saturated rings. The summed E-state index contributed by atoms with van der Waals surface area (Å²) in [4.78, 5) is 4.05. The van der Waals surface area contributed by atoms with E-state index in [0.717, 1.165) is 12.1 Å². The van der Waals surface area contributed by atoms with Crippen LogP contribution in [0.5, 0.6) is 0 Å². The summed E-state index contributed by atoms with van der Waals surface area (Å²) < 4.78 is 31.2. The molecule has 0 aliphatic carbocycles. The molecule has 0 radical (unpaired) electrons. The van der Waals surface area contributed by atoms with Crippen LogP contribution >= 0.6 is 0 Å². The maximum atomic E-state index is 12.4. The summed E-state index contributed by atoms with van der Waals surface area (Å²) in [5, 5.41) is 3.20. The van der Waals surface area contributed by atoms with Gasteiger partial charge >= 0.3 is 0 Å². The summed E-state index contributed by atoms with van der Waals surface area (Å²) in [6.07, 6.45) is 3.10. The third-order valence-corrected chi connectivity index (χ3v) is 4.73. The minimum absolute atomic E-state index is 0.0387. The average molecular weight is 309 g/mol. The smallest absolute Gasteiger partial charge is 0.260 e. The van der Waals surface area contributed by atoms with Crippen molar-refractivity contribution in [2.45, 2.75) is 25.0 Å². The highest BCUT2D eigenvalue weighted by Gasteiger charge is 2.23. The van der Waals surface area contributed by atoms with Gasteiger partial charge in [-0.05, 0) is 30.3 Å². The number of pyridine rings is 1. The van der Waals surface area contributed by atoms with Crippen molar-refractivity contribution in [3.05, 3.63) is 48.0 Å². The monoisotopic (exact) mass is 309 g/mol. The summed E-state index contributed by atoms with van der Waals surface area (Å²) in [6, 6.07) is 6.76. The molecule has 0 amide bonds. The van der Waals surface area contributed by atoms with Gasteiger partial charge in [0.05, 0.1) is 12.8 Å². The molecule has 21 heavy (non-hydrogen) atoms. The van der Waals surface area contributed by atoms with Gasteiger partial charge in [0.2, 0.25) is 0 Å². The summed E-state index contributed by atoms with van der Waals surface area (Å²) in [7, 11) is -2.10. The lowest BCUT2D eigenvalue weighted by Crippen LogP contribution is -2.27. The predicted octanol–water partition coefficient (Wildman–Crippen LogP) is 1.60. The fourth-order valence-electron chi connectivity index (χ4n) is 1.80. The maximum Gasteiger partial charge on any atom is 0.260 e. The van der Waals surface area contributed by atoms with Gasteiger partial charge in [0.25, 0.3) is 10.0 Å². The number of sulfonamides is 1. The highest BCUT2D eigenvalue weighted by molar-refractivity contribution is 7.89. The number of nitrogens with one attached hydrogen (secondary N) is 1. The van der Waals surface area contributed by atoms with E-state index in [-0.39, 0.29) is 11.6 Å². The fraction of sp³-hybridized carbons (Fsp3) is 0.357. The molecule has 2 heterocycles. The molecule has 0 unspecified atom stereocenters. The second kappa shape index (κ2) is 6.84. The van der Waals surface area contributed by atoms with Crippen molar-refractivity contribution in [1.82, 2.24) is 14.6 Å². The van der Waals surface area contributed by atoms with Crippen LogP contribution in [0.2, 0.25) is 0 Å². The van der Waals surface area contributed by atoms with Gasteiger partial charge in [0, 0.05) is 19.8 Å². The third-order valence-electron chi connectivity index (χ3n) is 3.01. The van der Waals surface area contributed by atoms with Crippen molar-refractivity contribution in [2.75, 3.05) is 13.6 Å². The molecule has 0 aliphatic heterocycles. The second-order valence-electron chi connectivity index (χ2n) is 4.63. The van der Waals surface area contributed by atoms with Crippen LogP contribution in [0, 0.1) is 0 Å². The largest absolute Gasteiger partial charge is 0.468 e. The van der Waals surface area contributed by atoms with Gasteiger partial charge < -0.3 is 9.73 Å². The van der Waals surface area contributed by atoms with Gasteiger partial charge in [-0.3, -0.25) is 0 Å². The molecule has 7 heteroatoms. The normalized spacial score (nSPS) is 12.0. The van der Waals surface area contributed by atoms with Gasteiger partial charge in [-0.2, -0.15) is 4.31 Å². The summed E-state index contributed by atoms with van der Waals surface area (Å²) in [5.74, 6) is 0.588.